The Labute approximate surface area is 193 Å². The summed E-state index contributed by atoms with van der Waals surface area (Å²) in [6.07, 6.45) is 1.63. The van der Waals surface area contributed by atoms with Gasteiger partial charge in [0.05, 0.1) is 18.6 Å². The van der Waals surface area contributed by atoms with Gasteiger partial charge in [0.2, 0.25) is 5.91 Å². The maximum atomic E-state index is 13.5. The molecule has 3 aromatic rings. The molecule has 166 valence electrons. The van der Waals surface area contributed by atoms with E-state index in [4.69, 9.17) is 16.3 Å². The summed E-state index contributed by atoms with van der Waals surface area (Å²) in [5.41, 5.74) is 2.66. The van der Waals surface area contributed by atoms with Gasteiger partial charge in [0.25, 0.3) is 0 Å². The van der Waals surface area contributed by atoms with E-state index >= 15 is 0 Å². The van der Waals surface area contributed by atoms with Gasteiger partial charge in [0.15, 0.2) is 0 Å². The van der Waals surface area contributed by atoms with Crippen LogP contribution in [-0.2, 0) is 4.79 Å². The molecule has 0 spiro atoms. The molecule has 0 aliphatic heterocycles. The Balaban J connectivity index is 1.99. The van der Waals surface area contributed by atoms with Crippen molar-refractivity contribution in [3.05, 3.63) is 94.5 Å². The first-order valence-corrected chi connectivity index (χ1v) is 10.8. The first kappa shape index (κ1) is 23.4. The quantitative estimate of drug-likeness (QED) is 0.397. The maximum absolute atomic E-state index is 13.5. The van der Waals surface area contributed by atoms with E-state index in [2.05, 4.69) is 12.2 Å². The molecule has 2 atom stereocenters. The zero-order valence-electron chi connectivity index (χ0n) is 18.0. The minimum atomic E-state index is -0.977. The molecule has 1 amide bonds. The van der Waals surface area contributed by atoms with Crippen molar-refractivity contribution < 1.29 is 19.4 Å². The normalized spacial score (nSPS) is 12.6. The maximum Gasteiger partial charge on any atom is 0.335 e. The molecule has 5 nitrogen and oxygen atoms in total. The van der Waals surface area contributed by atoms with Gasteiger partial charge >= 0.3 is 5.97 Å². The zero-order chi connectivity index (χ0) is 23.1. The van der Waals surface area contributed by atoms with Gasteiger partial charge in [0, 0.05) is 10.7 Å². The van der Waals surface area contributed by atoms with Crippen molar-refractivity contribution in [1.82, 2.24) is 0 Å². The number of hydrogen-bond donors (Lipinski definition) is 2. The van der Waals surface area contributed by atoms with E-state index in [1.165, 1.54) is 0 Å². The number of benzene rings is 3. The van der Waals surface area contributed by atoms with Crippen LogP contribution < -0.4 is 10.1 Å². The molecule has 0 aliphatic carbocycles. The Bertz CT molecular complexity index is 1050. The number of carbonyl (C=O) groups is 2. The first-order valence-electron chi connectivity index (χ1n) is 10.5. The summed E-state index contributed by atoms with van der Waals surface area (Å²) >= 11 is 6.09. The number of carboxylic acids is 1. The third-order valence-electron chi connectivity index (χ3n) is 5.46. The number of methoxy groups -OCH3 is 1. The Morgan fingerprint density at radius 1 is 0.938 bits per heavy atom. The van der Waals surface area contributed by atoms with Crippen LogP contribution in [0.2, 0.25) is 5.02 Å². The highest BCUT2D eigenvalue weighted by Gasteiger charge is 2.31. The lowest BCUT2D eigenvalue weighted by Crippen LogP contribution is -2.27. The van der Waals surface area contributed by atoms with Gasteiger partial charge in [-0.25, -0.2) is 4.79 Å². The summed E-state index contributed by atoms with van der Waals surface area (Å²) in [4.78, 5) is 24.8. The van der Waals surface area contributed by atoms with Crippen molar-refractivity contribution >= 4 is 29.2 Å². The Kier molecular flexibility index (Phi) is 7.90. The summed E-state index contributed by atoms with van der Waals surface area (Å²) in [6, 6.07) is 21.2. The molecule has 3 rings (SSSR count). The van der Waals surface area contributed by atoms with Crippen LogP contribution in [-0.4, -0.2) is 24.1 Å². The minimum Gasteiger partial charge on any atom is -0.497 e. The third kappa shape index (κ3) is 5.68. The smallest absolute Gasteiger partial charge is 0.335 e. The van der Waals surface area contributed by atoms with Crippen LogP contribution in [0.15, 0.2) is 72.8 Å². The van der Waals surface area contributed by atoms with Crippen molar-refractivity contribution in [2.45, 2.75) is 31.6 Å². The van der Waals surface area contributed by atoms with E-state index in [1.54, 1.807) is 67.8 Å². The Morgan fingerprint density at radius 2 is 1.53 bits per heavy atom. The van der Waals surface area contributed by atoms with E-state index < -0.39 is 11.9 Å². The van der Waals surface area contributed by atoms with Gasteiger partial charge < -0.3 is 15.2 Å². The minimum absolute atomic E-state index is 0.137. The van der Waals surface area contributed by atoms with Gasteiger partial charge in [-0.2, -0.15) is 0 Å². The van der Waals surface area contributed by atoms with E-state index in [0.717, 1.165) is 24.0 Å². The number of amides is 1. The van der Waals surface area contributed by atoms with Crippen LogP contribution >= 0.6 is 11.6 Å². The second-order valence-corrected chi connectivity index (χ2v) is 8.01. The molecule has 0 bridgehead atoms. The van der Waals surface area contributed by atoms with E-state index in [9.17, 15) is 14.7 Å². The van der Waals surface area contributed by atoms with Gasteiger partial charge in [0.1, 0.15) is 5.75 Å². The lowest BCUT2D eigenvalue weighted by Gasteiger charge is -2.27. The van der Waals surface area contributed by atoms with Crippen LogP contribution in [0.5, 0.6) is 5.75 Å². The predicted octanol–water partition coefficient (Wildman–Crippen LogP) is 6.35. The molecule has 0 saturated heterocycles. The standard InChI is InChI=1S/C26H26ClNO4/c1-3-4-23(17-5-7-19(8-6-17)26(30)31)24(18-9-11-20(27)12-10-18)25(29)28-21-13-15-22(32-2)16-14-21/h5-16,23-24H,3-4H2,1-2H3,(H,28,29)(H,30,31). The fraction of sp³-hybridized carbons (Fsp3) is 0.231. The van der Waals surface area contributed by atoms with E-state index in [0.29, 0.717) is 16.5 Å². The fourth-order valence-corrected chi connectivity index (χ4v) is 3.97. The molecule has 2 unspecified atom stereocenters. The summed E-state index contributed by atoms with van der Waals surface area (Å²) in [5.74, 6) is -1.03. The largest absolute Gasteiger partial charge is 0.497 e. The molecule has 2 N–H and O–H groups in total. The van der Waals surface area contributed by atoms with Gasteiger partial charge in [-0.3, -0.25) is 4.79 Å². The topological polar surface area (TPSA) is 75.6 Å². The number of anilines is 1. The molecule has 3 aromatic carbocycles. The number of hydrogen-bond acceptors (Lipinski definition) is 3. The molecule has 0 aliphatic rings. The van der Waals surface area contributed by atoms with Crippen LogP contribution in [0.1, 0.15) is 53.1 Å². The van der Waals surface area contributed by atoms with E-state index in [1.807, 2.05) is 12.1 Å². The molecule has 0 saturated carbocycles. The van der Waals surface area contributed by atoms with Gasteiger partial charge in [-0.15, -0.1) is 0 Å². The molecule has 32 heavy (non-hydrogen) atoms. The number of nitrogens with one attached hydrogen (secondary N) is 1. The van der Waals surface area contributed by atoms with Crippen molar-refractivity contribution in [2.75, 3.05) is 12.4 Å². The van der Waals surface area contributed by atoms with Crippen LogP contribution in [0.25, 0.3) is 0 Å². The molecule has 0 heterocycles. The highest BCUT2D eigenvalue weighted by Crippen LogP contribution is 2.38. The SMILES string of the molecule is CCCC(c1ccc(C(=O)O)cc1)C(C(=O)Nc1ccc(OC)cc1)c1ccc(Cl)cc1. The van der Waals surface area contributed by atoms with Gasteiger partial charge in [-0.05, 0) is 72.0 Å². The first-order chi connectivity index (χ1) is 15.4. The summed E-state index contributed by atoms with van der Waals surface area (Å²) in [5, 5.41) is 12.9. The fourth-order valence-electron chi connectivity index (χ4n) is 3.84. The second kappa shape index (κ2) is 10.8. The van der Waals surface area contributed by atoms with Crippen LogP contribution in [0.3, 0.4) is 0 Å². The van der Waals surface area contributed by atoms with Crippen LogP contribution in [0.4, 0.5) is 5.69 Å². The molecular weight excluding hydrogens is 426 g/mol. The number of halogens is 1. The molecule has 0 fully saturated rings. The number of aromatic carboxylic acids is 1. The Hall–Kier alpha value is -3.31. The summed E-state index contributed by atoms with van der Waals surface area (Å²) < 4.78 is 5.19. The molecule has 0 radical (unpaired) electrons. The summed E-state index contributed by atoms with van der Waals surface area (Å²) in [6.45, 7) is 2.07. The average Bonchev–Trinajstić information content (AvgIpc) is 2.80. The van der Waals surface area contributed by atoms with Crippen LogP contribution in [0, 0.1) is 0 Å². The van der Waals surface area contributed by atoms with Crippen molar-refractivity contribution in [3.8, 4) is 5.75 Å². The molecule has 0 aromatic heterocycles. The Morgan fingerprint density at radius 3 is 2.06 bits per heavy atom. The lowest BCUT2D eigenvalue weighted by molar-refractivity contribution is -0.118. The third-order valence-corrected chi connectivity index (χ3v) is 5.71. The van der Waals surface area contributed by atoms with E-state index in [-0.39, 0.29) is 17.4 Å². The lowest BCUT2D eigenvalue weighted by atomic mass is 9.78. The zero-order valence-corrected chi connectivity index (χ0v) is 18.8. The second-order valence-electron chi connectivity index (χ2n) is 7.57. The highest BCUT2D eigenvalue weighted by atomic mass is 35.5. The monoisotopic (exact) mass is 451 g/mol. The average molecular weight is 452 g/mol. The number of carboxylic acid groups (broad SMARTS) is 1. The van der Waals surface area contributed by atoms with Crippen molar-refractivity contribution in [1.29, 1.82) is 0 Å². The molecule has 6 heteroatoms. The van der Waals surface area contributed by atoms with Crippen molar-refractivity contribution in [2.24, 2.45) is 0 Å². The summed E-state index contributed by atoms with van der Waals surface area (Å²) in [7, 11) is 1.59. The number of carbonyl (C=O) groups excluding carboxylic acids is 1. The molecular formula is C26H26ClNO4. The predicted molar refractivity (Wildman–Crippen MR) is 127 cm³/mol. The number of ether oxygens (including phenoxy) is 1. The van der Waals surface area contributed by atoms with Gasteiger partial charge in [-0.1, -0.05) is 49.2 Å². The van der Waals surface area contributed by atoms with Crippen molar-refractivity contribution in [3.63, 3.8) is 0 Å². The number of rotatable bonds is 9. The highest BCUT2D eigenvalue weighted by molar-refractivity contribution is 6.30.